The summed E-state index contributed by atoms with van der Waals surface area (Å²) < 4.78 is 11.3. The van der Waals surface area contributed by atoms with Gasteiger partial charge in [0.05, 0.1) is 0 Å². The number of furan rings is 1. The molecule has 2 aromatic heterocycles. The number of ether oxygens (including phenoxy) is 1. The summed E-state index contributed by atoms with van der Waals surface area (Å²) in [5.41, 5.74) is 2.35. The lowest BCUT2D eigenvalue weighted by Crippen LogP contribution is -2.22. The highest BCUT2D eigenvalue weighted by Gasteiger charge is 2.14. The predicted octanol–water partition coefficient (Wildman–Crippen LogP) is 3.90. The summed E-state index contributed by atoms with van der Waals surface area (Å²) >= 11 is 0. The highest BCUT2D eigenvalue weighted by atomic mass is 16.5. The first-order valence-electron chi connectivity index (χ1n) is 8.97. The first-order chi connectivity index (χ1) is 12.9. The Balaban J connectivity index is 1.52. The Morgan fingerprint density at radius 1 is 1.11 bits per heavy atom. The molecule has 0 saturated carbocycles. The molecule has 0 aliphatic carbocycles. The van der Waals surface area contributed by atoms with E-state index in [1.54, 1.807) is 12.1 Å². The van der Waals surface area contributed by atoms with Crippen molar-refractivity contribution in [3.63, 3.8) is 0 Å². The molecule has 2 N–H and O–H groups in total. The number of carbonyl (C=O) groups excluding carboxylic acids is 1. The van der Waals surface area contributed by atoms with Gasteiger partial charge in [0, 0.05) is 18.2 Å². The van der Waals surface area contributed by atoms with E-state index in [0.717, 1.165) is 11.3 Å². The van der Waals surface area contributed by atoms with E-state index in [4.69, 9.17) is 9.15 Å². The number of aromatic amines is 1. The van der Waals surface area contributed by atoms with Crippen LogP contribution in [0.4, 0.5) is 0 Å². The topological polar surface area (TPSA) is 65.6 Å². The summed E-state index contributed by atoms with van der Waals surface area (Å²) in [6.07, 6.45) is 3.66. The van der Waals surface area contributed by atoms with Crippen molar-refractivity contribution < 1.29 is 18.9 Å². The van der Waals surface area contributed by atoms with Gasteiger partial charge in [0.25, 0.3) is 5.91 Å². The molecule has 5 nitrogen and oxygen atoms in total. The van der Waals surface area contributed by atoms with E-state index in [9.17, 15) is 4.79 Å². The number of H-pyrrole nitrogens is 1. The molecule has 0 aliphatic heterocycles. The van der Waals surface area contributed by atoms with Gasteiger partial charge in [0.1, 0.15) is 18.1 Å². The molecular weight excluding hydrogens is 340 g/mol. The summed E-state index contributed by atoms with van der Waals surface area (Å²) in [5, 5.41) is 2.83. The lowest BCUT2D eigenvalue weighted by Gasteiger charge is -2.19. The summed E-state index contributed by atoms with van der Waals surface area (Å²) in [7, 11) is 0. The highest BCUT2D eigenvalue weighted by molar-refractivity contribution is 5.91. The fraction of sp³-hybridized carbons (Fsp3) is 0.273. The van der Waals surface area contributed by atoms with Gasteiger partial charge in [0.2, 0.25) is 0 Å². The van der Waals surface area contributed by atoms with Gasteiger partial charge in [-0.3, -0.25) is 4.79 Å². The third kappa shape index (κ3) is 5.20. The standard InChI is InChI=1S/C22H24N2O3/c1-22(2,3)17-6-8-18(9-7-17)26-15-19-10-11-20(27-19)21(25)24-14-16-5-4-12-23-13-16/h4-13H,14-15H2,1-3H3,(H,24,25)/p+1. The third-order valence-electron chi connectivity index (χ3n) is 4.21. The molecule has 0 saturated heterocycles. The maximum atomic E-state index is 12.2. The van der Waals surface area contributed by atoms with Crippen LogP contribution in [0.2, 0.25) is 0 Å². The number of hydrogen-bond donors (Lipinski definition) is 1. The van der Waals surface area contributed by atoms with Crippen molar-refractivity contribution in [3.8, 4) is 5.75 Å². The van der Waals surface area contributed by atoms with Gasteiger partial charge in [-0.2, -0.15) is 0 Å². The fourth-order valence-corrected chi connectivity index (χ4v) is 2.59. The van der Waals surface area contributed by atoms with Gasteiger partial charge in [-0.1, -0.05) is 32.9 Å². The van der Waals surface area contributed by atoms with E-state index >= 15 is 0 Å². The number of amides is 1. The molecule has 140 valence electrons. The van der Waals surface area contributed by atoms with Gasteiger partial charge in [0.15, 0.2) is 18.2 Å². The largest absolute Gasteiger partial charge is 0.486 e. The van der Waals surface area contributed by atoms with Gasteiger partial charge >= 0.3 is 0 Å². The number of hydrogen-bond acceptors (Lipinski definition) is 3. The van der Waals surface area contributed by atoms with E-state index in [0.29, 0.717) is 12.3 Å². The number of pyridine rings is 1. The van der Waals surface area contributed by atoms with Crippen molar-refractivity contribution >= 4 is 5.91 Å². The van der Waals surface area contributed by atoms with Crippen LogP contribution in [0.5, 0.6) is 5.75 Å². The first-order valence-corrected chi connectivity index (χ1v) is 8.97. The lowest BCUT2D eigenvalue weighted by atomic mass is 9.87. The second-order valence-corrected chi connectivity index (χ2v) is 7.42. The van der Waals surface area contributed by atoms with Crippen LogP contribution in [0.1, 0.15) is 48.2 Å². The van der Waals surface area contributed by atoms with E-state index in [1.165, 1.54) is 5.56 Å². The Morgan fingerprint density at radius 3 is 2.56 bits per heavy atom. The number of nitrogens with one attached hydrogen (secondary N) is 2. The molecule has 2 heterocycles. The molecule has 1 amide bonds. The van der Waals surface area contributed by atoms with E-state index in [2.05, 4.69) is 43.2 Å². The molecule has 0 radical (unpaired) electrons. The number of benzene rings is 1. The molecule has 0 unspecified atom stereocenters. The maximum absolute atomic E-state index is 12.2. The Kier molecular flexibility index (Phi) is 5.60. The van der Waals surface area contributed by atoms with E-state index in [1.807, 2.05) is 36.7 Å². The van der Waals surface area contributed by atoms with Crippen LogP contribution in [-0.4, -0.2) is 5.91 Å². The van der Waals surface area contributed by atoms with Gasteiger partial charge < -0.3 is 14.5 Å². The molecule has 5 heteroatoms. The van der Waals surface area contributed by atoms with Gasteiger partial charge in [-0.25, -0.2) is 4.98 Å². The number of rotatable bonds is 6. The van der Waals surface area contributed by atoms with Crippen LogP contribution in [0.3, 0.4) is 0 Å². The van der Waals surface area contributed by atoms with E-state index in [-0.39, 0.29) is 23.7 Å². The Hall–Kier alpha value is -3.08. The molecule has 27 heavy (non-hydrogen) atoms. The molecule has 0 spiro atoms. The quantitative estimate of drug-likeness (QED) is 0.720. The van der Waals surface area contributed by atoms with Crippen LogP contribution >= 0.6 is 0 Å². The van der Waals surface area contributed by atoms with Crippen molar-refractivity contribution in [2.75, 3.05) is 0 Å². The van der Waals surface area contributed by atoms with Crippen LogP contribution in [-0.2, 0) is 18.6 Å². The van der Waals surface area contributed by atoms with Crippen molar-refractivity contribution in [1.82, 2.24) is 5.32 Å². The molecule has 0 bridgehead atoms. The first kappa shape index (κ1) is 18.7. The average Bonchev–Trinajstić information content (AvgIpc) is 3.14. The minimum atomic E-state index is -0.250. The Morgan fingerprint density at radius 2 is 1.89 bits per heavy atom. The average molecular weight is 365 g/mol. The van der Waals surface area contributed by atoms with Crippen molar-refractivity contribution in [3.05, 3.63) is 83.6 Å². The normalized spacial score (nSPS) is 11.2. The second kappa shape index (κ2) is 8.08. The summed E-state index contributed by atoms with van der Waals surface area (Å²) in [5.74, 6) is 1.40. The van der Waals surface area contributed by atoms with Crippen LogP contribution in [0.25, 0.3) is 0 Å². The third-order valence-corrected chi connectivity index (χ3v) is 4.21. The van der Waals surface area contributed by atoms with E-state index < -0.39 is 0 Å². The van der Waals surface area contributed by atoms with Crippen molar-refractivity contribution in [1.29, 1.82) is 0 Å². The monoisotopic (exact) mass is 365 g/mol. The SMILES string of the molecule is CC(C)(C)c1ccc(OCc2ccc(C(=O)NCc3ccc[nH+]c3)o2)cc1. The van der Waals surface area contributed by atoms with Crippen molar-refractivity contribution in [2.45, 2.75) is 39.3 Å². The molecule has 0 atom stereocenters. The van der Waals surface area contributed by atoms with Gasteiger partial charge in [-0.15, -0.1) is 0 Å². The minimum Gasteiger partial charge on any atom is -0.486 e. The fourth-order valence-electron chi connectivity index (χ4n) is 2.59. The second-order valence-electron chi connectivity index (χ2n) is 7.42. The summed E-state index contributed by atoms with van der Waals surface area (Å²) in [6.45, 7) is 7.23. The predicted molar refractivity (Wildman–Crippen MR) is 102 cm³/mol. The zero-order chi connectivity index (χ0) is 19.3. The van der Waals surface area contributed by atoms with Gasteiger partial charge in [-0.05, 0) is 41.3 Å². The number of carbonyl (C=O) groups is 1. The molecule has 3 aromatic rings. The Bertz CT molecular complexity index is 878. The summed E-state index contributed by atoms with van der Waals surface area (Å²) in [4.78, 5) is 15.2. The zero-order valence-electron chi connectivity index (χ0n) is 15.9. The molecule has 1 aromatic carbocycles. The van der Waals surface area contributed by atoms with Crippen LogP contribution < -0.4 is 15.0 Å². The highest BCUT2D eigenvalue weighted by Crippen LogP contribution is 2.24. The zero-order valence-corrected chi connectivity index (χ0v) is 15.9. The lowest BCUT2D eigenvalue weighted by molar-refractivity contribution is -0.378. The van der Waals surface area contributed by atoms with Crippen LogP contribution in [0, 0.1) is 0 Å². The van der Waals surface area contributed by atoms with Crippen LogP contribution in [0.15, 0.2) is 65.3 Å². The molecule has 0 fully saturated rings. The smallest absolute Gasteiger partial charge is 0.287 e. The van der Waals surface area contributed by atoms with Crippen molar-refractivity contribution in [2.24, 2.45) is 0 Å². The Labute approximate surface area is 159 Å². The summed E-state index contributed by atoms with van der Waals surface area (Å²) in [6, 6.07) is 15.3. The minimum absolute atomic E-state index is 0.111. The maximum Gasteiger partial charge on any atom is 0.287 e. The molecule has 0 aliphatic rings. The number of aromatic nitrogens is 1. The molecular formula is C22H25N2O3+. The molecule has 3 rings (SSSR count).